The molecule has 0 unspecified atom stereocenters. The molecule has 1 saturated heterocycles. The number of carbonyl (C=O) groups excluding carboxylic acids is 2. The van der Waals surface area contributed by atoms with E-state index in [1.54, 1.807) is 30.3 Å². The maximum atomic E-state index is 13.4. The Balaban J connectivity index is 1.62. The maximum Gasteiger partial charge on any atom is 0.295 e. The molecule has 37 heavy (non-hydrogen) atoms. The zero-order chi connectivity index (χ0) is 26.3. The number of Topliss-reactive ketones (excluding diaryl/α,β-unsaturated/α-hetero) is 1. The maximum absolute atomic E-state index is 13.4. The highest BCUT2D eigenvalue weighted by Crippen LogP contribution is 2.44. The smallest absolute Gasteiger partial charge is 0.295 e. The van der Waals surface area contributed by atoms with E-state index in [1.165, 1.54) is 12.0 Å². The fourth-order valence-electron chi connectivity index (χ4n) is 4.98. The van der Waals surface area contributed by atoms with Crippen LogP contribution in [0.5, 0.6) is 17.2 Å². The molecular formula is C29H26BrNO6. The molecule has 190 valence electrons. The Morgan fingerprint density at radius 1 is 1.14 bits per heavy atom. The number of fused-ring (bicyclic) bond motifs is 1. The molecule has 2 N–H and O–H groups in total. The van der Waals surface area contributed by atoms with Crippen molar-refractivity contribution in [3.05, 3.63) is 93.0 Å². The Morgan fingerprint density at radius 3 is 2.62 bits per heavy atom. The van der Waals surface area contributed by atoms with E-state index in [4.69, 9.17) is 9.47 Å². The minimum atomic E-state index is -0.877. The second-order valence-corrected chi connectivity index (χ2v) is 10.1. The number of aromatic hydroxyl groups is 1. The number of methoxy groups -OCH3 is 1. The van der Waals surface area contributed by atoms with Gasteiger partial charge in [0.25, 0.3) is 11.7 Å². The van der Waals surface area contributed by atoms with Gasteiger partial charge < -0.3 is 24.6 Å². The second kappa shape index (κ2) is 9.94. The van der Waals surface area contributed by atoms with Crippen molar-refractivity contribution in [3.8, 4) is 17.2 Å². The van der Waals surface area contributed by atoms with Crippen LogP contribution in [0.2, 0.25) is 0 Å². The number of rotatable bonds is 6. The van der Waals surface area contributed by atoms with Crippen LogP contribution >= 0.6 is 15.9 Å². The highest BCUT2D eigenvalue weighted by Gasteiger charge is 2.46. The number of phenols is 1. The van der Waals surface area contributed by atoms with Crippen molar-refractivity contribution < 1.29 is 29.3 Å². The fourth-order valence-corrected chi connectivity index (χ4v) is 5.44. The zero-order valence-electron chi connectivity index (χ0n) is 20.4. The summed E-state index contributed by atoms with van der Waals surface area (Å²) in [6, 6.07) is 17.3. The van der Waals surface area contributed by atoms with Crippen LogP contribution in [0.1, 0.15) is 35.2 Å². The Hall–Kier alpha value is -3.78. The van der Waals surface area contributed by atoms with Gasteiger partial charge in [-0.15, -0.1) is 0 Å². The molecule has 7 nitrogen and oxygen atoms in total. The van der Waals surface area contributed by atoms with Crippen LogP contribution < -0.4 is 9.47 Å². The van der Waals surface area contributed by atoms with Gasteiger partial charge in [0.1, 0.15) is 17.6 Å². The normalized spacial score (nSPS) is 20.1. The number of phenolic OH excluding ortho intramolecular Hbond substituents is 1. The number of aliphatic hydroxyl groups is 1. The second-order valence-electron chi connectivity index (χ2n) is 9.24. The lowest BCUT2D eigenvalue weighted by atomic mass is 9.94. The first-order chi connectivity index (χ1) is 17.8. The molecule has 0 aliphatic carbocycles. The van der Waals surface area contributed by atoms with Gasteiger partial charge in [-0.2, -0.15) is 0 Å². The minimum Gasteiger partial charge on any atom is -0.507 e. The standard InChI is InChI=1S/C29H26BrNO6/c1-16-12-19-13-18(8-9-22(19)37-16)26(32)24-25(20-14-21(30)27(33)23(15-20)36-2)31(29(35)28(24)34)11-10-17-6-4-3-5-7-17/h3-9,13-16,25,32-33H,10-12H2,1-2H3/t16-,25+/m0/s1. The predicted molar refractivity (Wildman–Crippen MR) is 142 cm³/mol. The van der Waals surface area contributed by atoms with Gasteiger partial charge in [-0.1, -0.05) is 30.3 Å². The lowest BCUT2D eigenvalue weighted by Crippen LogP contribution is -2.31. The first-order valence-corrected chi connectivity index (χ1v) is 12.8. The van der Waals surface area contributed by atoms with E-state index in [0.29, 0.717) is 28.4 Å². The highest BCUT2D eigenvalue weighted by atomic mass is 79.9. The molecule has 2 atom stereocenters. The third-order valence-corrected chi connectivity index (χ3v) is 7.38. The minimum absolute atomic E-state index is 0.00961. The van der Waals surface area contributed by atoms with Crippen LogP contribution in [0.3, 0.4) is 0 Å². The average Bonchev–Trinajstić information content (AvgIpc) is 3.39. The van der Waals surface area contributed by atoms with Crippen LogP contribution in [0.4, 0.5) is 0 Å². The summed E-state index contributed by atoms with van der Waals surface area (Å²) in [5.74, 6) is -0.873. The van der Waals surface area contributed by atoms with Crippen molar-refractivity contribution in [3.63, 3.8) is 0 Å². The van der Waals surface area contributed by atoms with Gasteiger partial charge in [0, 0.05) is 18.5 Å². The zero-order valence-corrected chi connectivity index (χ0v) is 22.0. The van der Waals surface area contributed by atoms with Crippen molar-refractivity contribution in [2.45, 2.75) is 31.9 Å². The van der Waals surface area contributed by atoms with Gasteiger partial charge in [0.15, 0.2) is 11.5 Å². The third kappa shape index (κ3) is 4.57. The lowest BCUT2D eigenvalue weighted by molar-refractivity contribution is -0.139. The Labute approximate surface area is 223 Å². The summed E-state index contributed by atoms with van der Waals surface area (Å²) in [7, 11) is 1.42. The number of ether oxygens (including phenoxy) is 2. The quantitative estimate of drug-likeness (QED) is 0.244. The number of ketones is 1. The Bertz CT molecular complexity index is 1420. The number of aliphatic hydroxyl groups excluding tert-OH is 1. The topological polar surface area (TPSA) is 96.3 Å². The summed E-state index contributed by atoms with van der Waals surface area (Å²) in [6.07, 6.45) is 1.24. The van der Waals surface area contributed by atoms with E-state index in [9.17, 15) is 19.8 Å². The van der Waals surface area contributed by atoms with E-state index in [1.807, 2.05) is 37.3 Å². The van der Waals surface area contributed by atoms with E-state index < -0.39 is 17.7 Å². The molecule has 0 saturated carbocycles. The van der Waals surface area contributed by atoms with Crippen LogP contribution in [-0.4, -0.2) is 46.6 Å². The molecular weight excluding hydrogens is 538 g/mol. The lowest BCUT2D eigenvalue weighted by Gasteiger charge is -2.26. The van der Waals surface area contributed by atoms with Gasteiger partial charge in [-0.3, -0.25) is 9.59 Å². The van der Waals surface area contributed by atoms with E-state index in [-0.39, 0.29) is 35.5 Å². The number of likely N-dealkylation sites (tertiary alicyclic amines) is 1. The van der Waals surface area contributed by atoms with Crippen molar-refractivity contribution in [1.29, 1.82) is 0 Å². The molecule has 0 spiro atoms. The van der Waals surface area contributed by atoms with E-state index in [2.05, 4.69) is 15.9 Å². The molecule has 0 aromatic heterocycles. The summed E-state index contributed by atoms with van der Waals surface area (Å²) in [4.78, 5) is 28.2. The molecule has 3 aromatic rings. The predicted octanol–water partition coefficient (Wildman–Crippen LogP) is 5.15. The molecule has 8 heteroatoms. The first-order valence-electron chi connectivity index (χ1n) is 12.0. The van der Waals surface area contributed by atoms with E-state index in [0.717, 1.165) is 16.9 Å². The van der Waals surface area contributed by atoms with Crippen LogP contribution in [0.15, 0.2) is 70.7 Å². The number of carbonyl (C=O) groups is 2. The number of halogens is 1. The molecule has 3 aromatic carbocycles. The fraction of sp³-hybridized carbons (Fsp3) is 0.241. The number of hydrogen-bond donors (Lipinski definition) is 2. The number of amides is 1. The molecule has 2 heterocycles. The van der Waals surface area contributed by atoms with Crippen LogP contribution in [0.25, 0.3) is 5.76 Å². The molecule has 1 amide bonds. The van der Waals surface area contributed by atoms with E-state index >= 15 is 0 Å². The summed E-state index contributed by atoms with van der Waals surface area (Å²) >= 11 is 3.34. The van der Waals surface area contributed by atoms with Gasteiger partial charge in [-0.25, -0.2) is 0 Å². The van der Waals surface area contributed by atoms with Crippen molar-refractivity contribution in [2.75, 3.05) is 13.7 Å². The van der Waals surface area contributed by atoms with Crippen molar-refractivity contribution in [1.82, 2.24) is 4.90 Å². The molecule has 2 aliphatic rings. The Morgan fingerprint density at radius 2 is 1.89 bits per heavy atom. The highest BCUT2D eigenvalue weighted by molar-refractivity contribution is 9.10. The first kappa shape index (κ1) is 24.9. The van der Waals surface area contributed by atoms with Gasteiger partial charge in [0.05, 0.1) is 23.2 Å². The molecule has 0 bridgehead atoms. The summed E-state index contributed by atoms with van der Waals surface area (Å²) in [5, 5.41) is 21.8. The van der Waals surface area contributed by atoms with Gasteiger partial charge in [-0.05, 0) is 76.3 Å². The van der Waals surface area contributed by atoms with Crippen LogP contribution in [0, 0.1) is 0 Å². The summed E-state index contributed by atoms with van der Waals surface area (Å²) in [5.41, 5.74) is 2.89. The molecule has 0 radical (unpaired) electrons. The monoisotopic (exact) mass is 563 g/mol. The van der Waals surface area contributed by atoms with Gasteiger partial charge >= 0.3 is 0 Å². The number of hydrogen-bond acceptors (Lipinski definition) is 6. The number of benzene rings is 3. The van der Waals surface area contributed by atoms with Gasteiger partial charge in [0.2, 0.25) is 0 Å². The average molecular weight is 564 g/mol. The SMILES string of the molecule is COc1cc([C@@H]2C(=C(O)c3ccc4c(c3)C[C@H](C)O4)C(=O)C(=O)N2CCc2ccccc2)cc(Br)c1O. The summed E-state index contributed by atoms with van der Waals surface area (Å²) in [6.45, 7) is 2.22. The molecule has 2 aliphatic heterocycles. The largest absolute Gasteiger partial charge is 0.507 e. The summed E-state index contributed by atoms with van der Waals surface area (Å²) < 4.78 is 11.4. The van der Waals surface area contributed by atoms with Crippen LogP contribution in [-0.2, 0) is 22.4 Å². The third-order valence-electron chi connectivity index (χ3n) is 6.78. The Kier molecular flexibility index (Phi) is 6.69. The van der Waals surface area contributed by atoms with Crippen molar-refractivity contribution in [2.24, 2.45) is 0 Å². The molecule has 5 rings (SSSR count). The molecule has 1 fully saturated rings. The number of nitrogens with zero attached hydrogens (tertiary/aromatic N) is 1. The van der Waals surface area contributed by atoms with Crippen molar-refractivity contribution >= 4 is 33.4 Å².